The average molecular weight is 246 g/mol. The minimum atomic E-state index is -1.39. The fourth-order valence-electron chi connectivity index (χ4n) is 0.849. The number of halogens is 1. The maximum Gasteiger partial charge on any atom is 0.332 e. The van der Waals surface area contributed by atoms with Crippen LogP contribution in [0.25, 0.3) is 0 Å². The van der Waals surface area contributed by atoms with Gasteiger partial charge >= 0.3 is 5.97 Å². The summed E-state index contributed by atoms with van der Waals surface area (Å²) >= 11 is 3.15. The molecule has 0 saturated carbocycles. The molecule has 70 valence electrons. The van der Waals surface area contributed by atoms with Gasteiger partial charge in [0.2, 0.25) is 0 Å². The molecule has 0 aromatic carbocycles. The van der Waals surface area contributed by atoms with E-state index >= 15 is 0 Å². The first-order chi connectivity index (χ1) is 6.09. The molecule has 0 aliphatic heterocycles. The lowest BCUT2D eigenvalue weighted by atomic mass is 10.2. The van der Waals surface area contributed by atoms with Crippen molar-refractivity contribution in [3.8, 4) is 0 Å². The Balaban J connectivity index is 2.69. The van der Waals surface area contributed by atoms with Gasteiger partial charge in [-0.2, -0.15) is 0 Å². The Hall–Kier alpha value is -0.940. The maximum absolute atomic E-state index is 10.3. The summed E-state index contributed by atoms with van der Waals surface area (Å²) in [6.45, 7) is 0. The number of aliphatic carboxylic acids is 1. The molecule has 0 aliphatic carbocycles. The zero-order valence-corrected chi connectivity index (χ0v) is 8.23. The highest BCUT2D eigenvalue weighted by molar-refractivity contribution is 9.10. The molecule has 0 fully saturated rings. The predicted octanol–water partition coefficient (Wildman–Crippen LogP) is 0.832. The first kappa shape index (κ1) is 10.1. The molecule has 0 spiro atoms. The van der Waals surface area contributed by atoms with Gasteiger partial charge in [-0.1, -0.05) is 6.07 Å². The SMILES string of the molecule is O=C(O)C(O)Cc1cccc(Br)n1. The van der Waals surface area contributed by atoms with Crippen LogP contribution in [-0.4, -0.2) is 27.3 Å². The van der Waals surface area contributed by atoms with E-state index in [1.807, 2.05) is 0 Å². The summed E-state index contributed by atoms with van der Waals surface area (Å²) in [7, 11) is 0. The van der Waals surface area contributed by atoms with Gasteiger partial charge in [0.05, 0.1) is 0 Å². The first-order valence-electron chi connectivity index (χ1n) is 3.62. The van der Waals surface area contributed by atoms with Gasteiger partial charge in [0.25, 0.3) is 0 Å². The summed E-state index contributed by atoms with van der Waals surface area (Å²) < 4.78 is 0.627. The van der Waals surface area contributed by atoms with Crippen LogP contribution in [0.2, 0.25) is 0 Å². The molecule has 4 nitrogen and oxygen atoms in total. The van der Waals surface area contributed by atoms with Crippen molar-refractivity contribution >= 4 is 21.9 Å². The number of carboxylic acid groups (broad SMARTS) is 1. The van der Waals surface area contributed by atoms with E-state index in [4.69, 9.17) is 10.2 Å². The summed E-state index contributed by atoms with van der Waals surface area (Å²) in [4.78, 5) is 14.3. The molecule has 0 aliphatic rings. The standard InChI is InChI=1S/C8H8BrNO3/c9-7-3-1-2-5(10-7)4-6(11)8(12)13/h1-3,6,11H,4H2,(H,12,13). The highest BCUT2D eigenvalue weighted by Crippen LogP contribution is 2.07. The first-order valence-corrected chi connectivity index (χ1v) is 4.41. The van der Waals surface area contributed by atoms with Crippen molar-refractivity contribution in [1.29, 1.82) is 0 Å². The van der Waals surface area contributed by atoms with Crippen LogP contribution in [0.15, 0.2) is 22.8 Å². The van der Waals surface area contributed by atoms with Crippen molar-refractivity contribution in [3.63, 3.8) is 0 Å². The fraction of sp³-hybridized carbons (Fsp3) is 0.250. The Labute approximate surface area is 83.4 Å². The molecule has 0 radical (unpaired) electrons. The molecule has 13 heavy (non-hydrogen) atoms. The summed E-state index contributed by atoms with van der Waals surface area (Å²) in [5.74, 6) is -1.23. The van der Waals surface area contributed by atoms with Gasteiger partial charge in [-0.15, -0.1) is 0 Å². The second-order valence-corrected chi connectivity index (χ2v) is 3.32. The molecular weight excluding hydrogens is 238 g/mol. The molecule has 1 aromatic heterocycles. The van der Waals surface area contributed by atoms with E-state index in [-0.39, 0.29) is 6.42 Å². The number of nitrogens with zero attached hydrogens (tertiary/aromatic N) is 1. The minimum absolute atomic E-state index is 0.0226. The Bertz CT molecular complexity index is 316. The molecule has 2 N–H and O–H groups in total. The summed E-state index contributed by atoms with van der Waals surface area (Å²) in [6.07, 6.45) is -1.36. The number of carbonyl (C=O) groups is 1. The van der Waals surface area contributed by atoms with Gasteiger partial charge in [0.1, 0.15) is 4.60 Å². The Kier molecular flexibility index (Phi) is 3.39. The highest BCUT2D eigenvalue weighted by Gasteiger charge is 2.14. The predicted molar refractivity (Wildman–Crippen MR) is 49.3 cm³/mol. The Morgan fingerprint density at radius 2 is 2.31 bits per heavy atom. The third kappa shape index (κ3) is 3.12. The largest absolute Gasteiger partial charge is 0.479 e. The van der Waals surface area contributed by atoms with E-state index in [2.05, 4.69) is 20.9 Å². The van der Waals surface area contributed by atoms with Crippen LogP contribution in [0.1, 0.15) is 5.69 Å². The Morgan fingerprint density at radius 3 is 2.85 bits per heavy atom. The molecule has 0 amide bonds. The molecule has 0 saturated heterocycles. The molecule has 1 atom stereocenters. The molecule has 0 bridgehead atoms. The zero-order chi connectivity index (χ0) is 9.84. The molecule has 1 unspecified atom stereocenters. The quantitative estimate of drug-likeness (QED) is 0.775. The fourth-order valence-corrected chi connectivity index (χ4v) is 1.23. The number of hydrogen-bond acceptors (Lipinski definition) is 3. The summed E-state index contributed by atoms with van der Waals surface area (Å²) in [6, 6.07) is 5.13. The number of rotatable bonds is 3. The average Bonchev–Trinajstić information content (AvgIpc) is 2.04. The van der Waals surface area contributed by atoms with Crippen LogP contribution in [-0.2, 0) is 11.2 Å². The topological polar surface area (TPSA) is 70.4 Å². The number of aliphatic hydroxyl groups is 1. The van der Waals surface area contributed by atoms with Crippen molar-refractivity contribution in [2.45, 2.75) is 12.5 Å². The van der Waals surface area contributed by atoms with Crippen LogP contribution in [0.3, 0.4) is 0 Å². The molecule has 1 aromatic rings. The second kappa shape index (κ2) is 4.34. The molecule has 1 rings (SSSR count). The van der Waals surface area contributed by atoms with Gasteiger partial charge in [-0.25, -0.2) is 9.78 Å². The summed E-state index contributed by atoms with van der Waals surface area (Å²) in [5.41, 5.74) is 0.546. The van der Waals surface area contributed by atoms with E-state index in [0.29, 0.717) is 10.3 Å². The van der Waals surface area contributed by atoms with Crippen molar-refractivity contribution in [2.24, 2.45) is 0 Å². The van der Waals surface area contributed by atoms with Crippen molar-refractivity contribution in [1.82, 2.24) is 4.98 Å². The smallest absolute Gasteiger partial charge is 0.332 e. The van der Waals surface area contributed by atoms with Crippen LogP contribution in [0, 0.1) is 0 Å². The summed E-state index contributed by atoms with van der Waals surface area (Å²) in [5, 5.41) is 17.4. The minimum Gasteiger partial charge on any atom is -0.479 e. The van der Waals surface area contributed by atoms with Crippen LogP contribution >= 0.6 is 15.9 Å². The lowest BCUT2D eigenvalue weighted by Crippen LogP contribution is -2.22. The van der Waals surface area contributed by atoms with Crippen LogP contribution in [0.5, 0.6) is 0 Å². The lowest BCUT2D eigenvalue weighted by Gasteiger charge is -2.04. The highest BCUT2D eigenvalue weighted by atomic mass is 79.9. The van der Waals surface area contributed by atoms with Crippen LogP contribution in [0.4, 0.5) is 0 Å². The lowest BCUT2D eigenvalue weighted by molar-refractivity contribution is -0.146. The number of pyridine rings is 1. The number of aromatic nitrogens is 1. The molecule has 5 heteroatoms. The maximum atomic E-state index is 10.3. The van der Waals surface area contributed by atoms with E-state index in [1.54, 1.807) is 18.2 Å². The van der Waals surface area contributed by atoms with Gasteiger partial charge in [-0.3, -0.25) is 0 Å². The normalized spacial score (nSPS) is 12.5. The Morgan fingerprint density at radius 1 is 1.62 bits per heavy atom. The second-order valence-electron chi connectivity index (χ2n) is 2.51. The van der Waals surface area contributed by atoms with Gasteiger partial charge in [-0.05, 0) is 28.1 Å². The molecular formula is C8H8BrNO3. The van der Waals surface area contributed by atoms with Gasteiger partial charge < -0.3 is 10.2 Å². The van der Waals surface area contributed by atoms with Crippen molar-refractivity contribution in [3.05, 3.63) is 28.5 Å². The van der Waals surface area contributed by atoms with Crippen molar-refractivity contribution < 1.29 is 15.0 Å². The molecule has 1 heterocycles. The number of carboxylic acids is 1. The van der Waals surface area contributed by atoms with Gasteiger partial charge in [0, 0.05) is 12.1 Å². The van der Waals surface area contributed by atoms with Gasteiger partial charge in [0.15, 0.2) is 6.10 Å². The third-order valence-electron chi connectivity index (χ3n) is 1.46. The zero-order valence-electron chi connectivity index (χ0n) is 6.64. The number of aliphatic hydroxyl groups excluding tert-OH is 1. The monoisotopic (exact) mass is 245 g/mol. The van der Waals surface area contributed by atoms with E-state index < -0.39 is 12.1 Å². The van der Waals surface area contributed by atoms with E-state index in [9.17, 15) is 4.79 Å². The third-order valence-corrected chi connectivity index (χ3v) is 1.90. The van der Waals surface area contributed by atoms with E-state index in [1.165, 1.54) is 0 Å². The van der Waals surface area contributed by atoms with E-state index in [0.717, 1.165) is 0 Å². The van der Waals surface area contributed by atoms with Crippen molar-refractivity contribution in [2.75, 3.05) is 0 Å². The van der Waals surface area contributed by atoms with Crippen LogP contribution < -0.4 is 0 Å². The number of hydrogen-bond donors (Lipinski definition) is 2.